The minimum atomic E-state index is -3.88. The fraction of sp³-hybridized carbons (Fsp3) is 0.222. The van der Waals surface area contributed by atoms with Gasteiger partial charge in [0.25, 0.3) is 0 Å². The Hall–Kier alpha value is -2.90. The summed E-state index contributed by atoms with van der Waals surface area (Å²) in [5.41, 5.74) is 1.99. The van der Waals surface area contributed by atoms with Gasteiger partial charge in [0.1, 0.15) is 0 Å². The Morgan fingerprint density at radius 3 is 1.91 bits per heavy atom. The summed E-state index contributed by atoms with van der Waals surface area (Å²) < 4.78 is 34.7. The summed E-state index contributed by atoms with van der Waals surface area (Å²) in [6.07, 6.45) is 3.12. The molecule has 1 aromatic heterocycles. The summed E-state index contributed by atoms with van der Waals surface area (Å²) in [6, 6.07) is 26.5. The van der Waals surface area contributed by atoms with Gasteiger partial charge >= 0.3 is 0 Å². The zero-order valence-electron chi connectivity index (χ0n) is 18.6. The lowest BCUT2D eigenvalue weighted by Gasteiger charge is -2.26. The zero-order chi connectivity index (χ0) is 23.5. The second kappa shape index (κ2) is 9.76. The van der Waals surface area contributed by atoms with Crippen molar-refractivity contribution in [1.29, 1.82) is 0 Å². The van der Waals surface area contributed by atoms with Crippen LogP contribution in [0, 0.1) is 0 Å². The van der Waals surface area contributed by atoms with Gasteiger partial charge in [-0.15, -0.1) is 0 Å². The van der Waals surface area contributed by atoms with E-state index in [9.17, 15) is 8.42 Å². The molecule has 7 heteroatoms. The summed E-state index contributed by atoms with van der Waals surface area (Å²) in [4.78, 5) is 6.93. The number of benzene rings is 3. The minimum Gasteiger partial charge on any atom is -0.423 e. The summed E-state index contributed by atoms with van der Waals surface area (Å²) in [5, 5.41) is -0.0106. The van der Waals surface area contributed by atoms with E-state index in [1.807, 2.05) is 65.6 Å². The molecule has 0 N–H and O–H groups in total. The molecule has 1 fully saturated rings. The molecular weight excluding hydrogens is 512 g/mol. The van der Waals surface area contributed by atoms with Crippen LogP contribution in [0.15, 0.2) is 104 Å². The number of nitrogens with zero attached hydrogens (tertiary/aromatic N) is 2. The molecule has 0 atom stereocenters. The molecule has 0 unspecified atom stereocenters. The van der Waals surface area contributed by atoms with Crippen molar-refractivity contribution in [3.05, 3.63) is 106 Å². The number of sulfone groups is 1. The van der Waals surface area contributed by atoms with Crippen LogP contribution in [0.4, 0.5) is 5.88 Å². The number of halogens is 1. The van der Waals surface area contributed by atoms with Gasteiger partial charge < -0.3 is 9.32 Å². The summed E-state index contributed by atoms with van der Waals surface area (Å²) >= 11 is 3.38. The molecule has 0 bridgehead atoms. The molecule has 5 nitrogen and oxygen atoms in total. The van der Waals surface area contributed by atoms with Crippen molar-refractivity contribution in [2.45, 2.75) is 35.1 Å². The number of anilines is 1. The van der Waals surface area contributed by atoms with E-state index < -0.39 is 9.84 Å². The Labute approximate surface area is 208 Å². The van der Waals surface area contributed by atoms with Gasteiger partial charge in [0.05, 0.1) is 10.8 Å². The maximum Gasteiger partial charge on any atom is 0.236 e. The molecule has 1 aliphatic heterocycles. The normalized spacial score (nSPS) is 14.5. The Kier molecular flexibility index (Phi) is 6.57. The number of rotatable bonds is 6. The maximum absolute atomic E-state index is 13.8. The SMILES string of the molecule is O=S(=O)(c1ccc(Br)cc1)c1nc(C(c2ccccc2)c2ccccc2)oc1N1CCCCC1. The van der Waals surface area contributed by atoms with E-state index in [0.717, 1.165) is 48.0 Å². The van der Waals surface area contributed by atoms with Crippen molar-refractivity contribution in [3.8, 4) is 0 Å². The van der Waals surface area contributed by atoms with Gasteiger partial charge in [0.15, 0.2) is 0 Å². The van der Waals surface area contributed by atoms with Crippen LogP contribution in [0.5, 0.6) is 0 Å². The highest BCUT2D eigenvalue weighted by molar-refractivity contribution is 9.10. The lowest BCUT2D eigenvalue weighted by atomic mass is 9.91. The third-order valence-electron chi connectivity index (χ3n) is 6.13. The van der Waals surface area contributed by atoms with Crippen LogP contribution in [-0.4, -0.2) is 26.5 Å². The number of oxazole rings is 1. The van der Waals surface area contributed by atoms with Gasteiger partial charge in [0, 0.05) is 17.6 Å². The van der Waals surface area contributed by atoms with E-state index in [-0.39, 0.29) is 15.8 Å². The standard InChI is InChI=1S/C27H25BrN2O3S/c28-22-14-16-23(17-15-22)34(31,32)26-27(30-18-8-3-9-19-30)33-25(29-26)24(20-10-4-1-5-11-20)21-12-6-2-7-13-21/h1-2,4-7,10-17,24H,3,8-9,18-19H2. The van der Waals surface area contributed by atoms with Crippen molar-refractivity contribution in [2.75, 3.05) is 18.0 Å². The Morgan fingerprint density at radius 1 is 0.794 bits per heavy atom. The Morgan fingerprint density at radius 2 is 1.35 bits per heavy atom. The van der Waals surface area contributed by atoms with Gasteiger partial charge in [0.2, 0.25) is 26.6 Å². The van der Waals surface area contributed by atoms with E-state index in [1.54, 1.807) is 24.3 Å². The van der Waals surface area contributed by atoms with Crippen LogP contribution >= 0.6 is 15.9 Å². The Bertz CT molecular complexity index is 1310. The average molecular weight is 537 g/mol. The van der Waals surface area contributed by atoms with Crippen molar-refractivity contribution in [2.24, 2.45) is 0 Å². The lowest BCUT2D eigenvalue weighted by Crippen LogP contribution is -2.30. The molecule has 0 aliphatic carbocycles. The molecule has 0 spiro atoms. The molecule has 174 valence electrons. The monoisotopic (exact) mass is 536 g/mol. The van der Waals surface area contributed by atoms with Crippen LogP contribution in [-0.2, 0) is 9.84 Å². The maximum atomic E-state index is 13.8. The second-order valence-electron chi connectivity index (χ2n) is 8.42. The van der Waals surface area contributed by atoms with E-state index in [1.165, 1.54) is 0 Å². The lowest BCUT2D eigenvalue weighted by molar-refractivity contribution is 0.458. The summed E-state index contributed by atoms with van der Waals surface area (Å²) in [5.74, 6) is 0.406. The highest BCUT2D eigenvalue weighted by Crippen LogP contribution is 2.39. The van der Waals surface area contributed by atoms with Crippen LogP contribution in [0.1, 0.15) is 42.2 Å². The predicted molar refractivity (Wildman–Crippen MR) is 136 cm³/mol. The second-order valence-corrected chi connectivity index (χ2v) is 11.2. The molecule has 34 heavy (non-hydrogen) atoms. The van der Waals surface area contributed by atoms with Gasteiger partial charge in [-0.3, -0.25) is 0 Å². The summed E-state index contributed by atoms with van der Waals surface area (Å²) in [6.45, 7) is 1.50. The first-order valence-electron chi connectivity index (χ1n) is 11.4. The molecule has 0 amide bonds. The van der Waals surface area contributed by atoms with E-state index in [4.69, 9.17) is 9.40 Å². The molecule has 5 rings (SSSR count). The first-order valence-corrected chi connectivity index (χ1v) is 13.7. The number of hydrogen-bond donors (Lipinski definition) is 0. The third-order valence-corrected chi connectivity index (χ3v) is 8.33. The van der Waals surface area contributed by atoms with Crippen LogP contribution in [0.3, 0.4) is 0 Å². The molecule has 2 heterocycles. The third kappa shape index (κ3) is 4.55. The smallest absolute Gasteiger partial charge is 0.236 e. The van der Waals surface area contributed by atoms with E-state index >= 15 is 0 Å². The predicted octanol–water partition coefficient (Wildman–Crippen LogP) is 6.44. The van der Waals surface area contributed by atoms with Crippen molar-refractivity contribution >= 4 is 31.7 Å². The molecule has 1 aliphatic rings. The van der Waals surface area contributed by atoms with Crippen molar-refractivity contribution in [3.63, 3.8) is 0 Å². The molecular formula is C27H25BrN2O3S. The van der Waals surface area contributed by atoms with Crippen LogP contribution in [0.25, 0.3) is 0 Å². The first kappa shape index (κ1) is 22.9. The van der Waals surface area contributed by atoms with Crippen LogP contribution in [0.2, 0.25) is 0 Å². The topological polar surface area (TPSA) is 63.4 Å². The molecule has 1 saturated heterocycles. The van der Waals surface area contributed by atoms with Gasteiger partial charge in [-0.25, -0.2) is 8.42 Å². The molecule has 0 saturated carbocycles. The molecule has 3 aromatic carbocycles. The Balaban J connectivity index is 1.69. The highest BCUT2D eigenvalue weighted by Gasteiger charge is 2.34. The highest BCUT2D eigenvalue weighted by atomic mass is 79.9. The van der Waals surface area contributed by atoms with Gasteiger partial charge in [-0.05, 0) is 54.7 Å². The largest absolute Gasteiger partial charge is 0.423 e. The van der Waals surface area contributed by atoms with Crippen LogP contribution < -0.4 is 4.90 Å². The fourth-order valence-corrected chi connectivity index (χ4v) is 6.00. The van der Waals surface area contributed by atoms with E-state index in [2.05, 4.69) is 15.9 Å². The average Bonchev–Trinajstić information content (AvgIpc) is 3.32. The fourth-order valence-electron chi connectivity index (χ4n) is 4.40. The van der Waals surface area contributed by atoms with Gasteiger partial charge in [-0.2, -0.15) is 4.98 Å². The zero-order valence-corrected chi connectivity index (χ0v) is 21.0. The molecule has 0 radical (unpaired) electrons. The number of piperidine rings is 1. The number of aromatic nitrogens is 1. The van der Waals surface area contributed by atoms with Gasteiger partial charge in [-0.1, -0.05) is 76.6 Å². The van der Waals surface area contributed by atoms with Crippen molar-refractivity contribution < 1.29 is 12.8 Å². The quantitative estimate of drug-likeness (QED) is 0.283. The number of hydrogen-bond acceptors (Lipinski definition) is 5. The minimum absolute atomic E-state index is 0.0106. The first-order chi connectivity index (χ1) is 16.5. The van der Waals surface area contributed by atoms with Crippen molar-refractivity contribution in [1.82, 2.24) is 4.98 Å². The summed E-state index contributed by atoms with van der Waals surface area (Å²) in [7, 11) is -3.88. The molecule has 4 aromatic rings. The van der Waals surface area contributed by atoms with E-state index in [0.29, 0.717) is 11.8 Å².